The van der Waals surface area contributed by atoms with Gasteiger partial charge in [0.15, 0.2) is 5.13 Å². The molecule has 0 radical (unpaired) electrons. The fraction of sp³-hybridized carbons (Fsp3) is 0.333. The number of carbonyl (C=O) groups excluding carboxylic acids is 1. The molecule has 1 aromatic heterocycles. The Bertz CT molecular complexity index is 608. The minimum atomic E-state index is -0.710. The van der Waals surface area contributed by atoms with E-state index in [9.17, 15) is 4.79 Å². The molecule has 0 saturated heterocycles. The van der Waals surface area contributed by atoms with E-state index in [0.717, 1.165) is 36.9 Å². The second-order valence-corrected chi connectivity index (χ2v) is 6.08. The van der Waals surface area contributed by atoms with Gasteiger partial charge in [-0.05, 0) is 12.8 Å². The highest BCUT2D eigenvalue weighted by atomic mass is 35.5. The lowest BCUT2D eigenvalue weighted by Gasteiger charge is -2.21. The van der Waals surface area contributed by atoms with E-state index in [1.807, 2.05) is 35.7 Å². The van der Waals surface area contributed by atoms with Gasteiger partial charge in [0.25, 0.3) is 0 Å². The number of hydrogen-bond donors (Lipinski definition) is 2. The summed E-state index contributed by atoms with van der Waals surface area (Å²) in [5.74, 6) is -0.107. The van der Waals surface area contributed by atoms with Gasteiger partial charge in [0.2, 0.25) is 5.91 Å². The lowest BCUT2D eigenvalue weighted by Crippen LogP contribution is -2.48. The number of halogens is 1. The first-order valence-electron chi connectivity index (χ1n) is 6.79. The molecule has 0 unspecified atom stereocenters. The Hall–Kier alpha value is -1.43. The van der Waals surface area contributed by atoms with Crippen LogP contribution in [0.4, 0.5) is 5.13 Å². The predicted octanol–water partition coefficient (Wildman–Crippen LogP) is 3.44. The molecule has 3 N–H and O–H groups in total. The highest BCUT2D eigenvalue weighted by Crippen LogP contribution is 2.30. The van der Waals surface area contributed by atoms with Crippen molar-refractivity contribution in [2.45, 2.75) is 31.2 Å². The van der Waals surface area contributed by atoms with E-state index in [1.54, 1.807) is 0 Å². The molecule has 1 aliphatic carbocycles. The quantitative estimate of drug-likeness (QED) is 0.909. The molecule has 0 atom stereocenters. The SMILES string of the molecule is Cl.NC1(C(=O)Nc2nc(-c3ccccc3)cs2)CCCC1. The van der Waals surface area contributed by atoms with Gasteiger partial charge in [-0.2, -0.15) is 0 Å². The van der Waals surface area contributed by atoms with Crippen LogP contribution in [0, 0.1) is 0 Å². The van der Waals surface area contributed by atoms with E-state index < -0.39 is 5.54 Å². The number of nitrogens with two attached hydrogens (primary N) is 1. The molecule has 6 heteroatoms. The van der Waals surface area contributed by atoms with Crippen LogP contribution in [0.5, 0.6) is 0 Å². The molecule has 4 nitrogen and oxygen atoms in total. The van der Waals surface area contributed by atoms with Crippen molar-refractivity contribution >= 4 is 34.8 Å². The number of hydrogen-bond acceptors (Lipinski definition) is 4. The number of aromatic nitrogens is 1. The van der Waals surface area contributed by atoms with Crippen LogP contribution in [-0.4, -0.2) is 16.4 Å². The molecule has 21 heavy (non-hydrogen) atoms. The topological polar surface area (TPSA) is 68.0 Å². The van der Waals surface area contributed by atoms with Crippen molar-refractivity contribution in [2.24, 2.45) is 5.73 Å². The maximum absolute atomic E-state index is 12.2. The first-order chi connectivity index (χ1) is 9.67. The van der Waals surface area contributed by atoms with Crippen molar-refractivity contribution in [3.8, 4) is 11.3 Å². The molecule has 0 aliphatic heterocycles. The van der Waals surface area contributed by atoms with Gasteiger partial charge in [0.05, 0.1) is 11.2 Å². The maximum Gasteiger partial charge on any atom is 0.246 e. The zero-order valence-electron chi connectivity index (χ0n) is 11.5. The van der Waals surface area contributed by atoms with Crippen LogP contribution < -0.4 is 11.1 Å². The zero-order chi connectivity index (χ0) is 14.0. The van der Waals surface area contributed by atoms with Gasteiger partial charge < -0.3 is 11.1 Å². The maximum atomic E-state index is 12.2. The first kappa shape index (κ1) is 15.9. The van der Waals surface area contributed by atoms with E-state index >= 15 is 0 Å². The molecule has 1 saturated carbocycles. The van der Waals surface area contributed by atoms with Gasteiger partial charge in [-0.1, -0.05) is 43.2 Å². The average molecular weight is 324 g/mol. The number of nitrogens with one attached hydrogen (secondary N) is 1. The van der Waals surface area contributed by atoms with Crippen LogP contribution in [0.15, 0.2) is 35.7 Å². The van der Waals surface area contributed by atoms with Gasteiger partial charge in [0, 0.05) is 10.9 Å². The Morgan fingerprint density at radius 3 is 2.57 bits per heavy atom. The fourth-order valence-corrected chi connectivity index (χ4v) is 3.24. The minimum absolute atomic E-state index is 0. The van der Waals surface area contributed by atoms with E-state index in [1.165, 1.54) is 11.3 Å². The fourth-order valence-electron chi connectivity index (χ4n) is 2.53. The van der Waals surface area contributed by atoms with Gasteiger partial charge in [-0.3, -0.25) is 4.79 Å². The molecule has 1 aliphatic rings. The van der Waals surface area contributed by atoms with E-state index in [4.69, 9.17) is 5.73 Å². The Balaban J connectivity index is 0.00000161. The van der Waals surface area contributed by atoms with Crippen molar-refractivity contribution in [3.05, 3.63) is 35.7 Å². The smallest absolute Gasteiger partial charge is 0.246 e. The Labute approximate surface area is 134 Å². The summed E-state index contributed by atoms with van der Waals surface area (Å²) in [5, 5.41) is 5.42. The Morgan fingerprint density at radius 2 is 1.90 bits per heavy atom. The minimum Gasteiger partial charge on any atom is -0.317 e. The van der Waals surface area contributed by atoms with E-state index in [0.29, 0.717) is 5.13 Å². The summed E-state index contributed by atoms with van der Waals surface area (Å²) < 4.78 is 0. The van der Waals surface area contributed by atoms with Crippen LogP contribution in [0.25, 0.3) is 11.3 Å². The molecule has 1 aromatic carbocycles. The van der Waals surface area contributed by atoms with Crippen LogP contribution in [0.1, 0.15) is 25.7 Å². The van der Waals surface area contributed by atoms with Crippen molar-refractivity contribution < 1.29 is 4.79 Å². The largest absolute Gasteiger partial charge is 0.317 e. The number of rotatable bonds is 3. The molecule has 0 spiro atoms. The van der Waals surface area contributed by atoms with E-state index in [-0.39, 0.29) is 18.3 Å². The number of amides is 1. The number of nitrogens with zero attached hydrogens (tertiary/aromatic N) is 1. The summed E-state index contributed by atoms with van der Waals surface area (Å²) in [4.78, 5) is 16.7. The van der Waals surface area contributed by atoms with Crippen molar-refractivity contribution in [3.63, 3.8) is 0 Å². The normalized spacial score (nSPS) is 16.2. The Morgan fingerprint density at radius 1 is 1.24 bits per heavy atom. The summed E-state index contributed by atoms with van der Waals surface area (Å²) in [7, 11) is 0. The highest BCUT2D eigenvalue weighted by molar-refractivity contribution is 7.14. The van der Waals surface area contributed by atoms with Crippen molar-refractivity contribution in [2.75, 3.05) is 5.32 Å². The zero-order valence-corrected chi connectivity index (χ0v) is 13.2. The molecule has 1 fully saturated rings. The van der Waals surface area contributed by atoms with Gasteiger partial charge in [-0.15, -0.1) is 23.7 Å². The number of thiazole rings is 1. The summed E-state index contributed by atoms with van der Waals surface area (Å²) in [6.07, 6.45) is 3.57. The van der Waals surface area contributed by atoms with Gasteiger partial charge >= 0.3 is 0 Å². The molecular formula is C15H18ClN3OS. The van der Waals surface area contributed by atoms with Crippen LogP contribution >= 0.6 is 23.7 Å². The second-order valence-electron chi connectivity index (χ2n) is 5.22. The van der Waals surface area contributed by atoms with Gasteiger partial charge in [0.1, 0.15) is 0 Å². The summed E-state index contributed by atoms with van der Waals surface area (Å²) >= 11 is 1.43. The standard InChI is InChI=1S/C15H17N3OS.ClH/c16-15(8-4-5-9-15)13(19)18-14-17-12(10-20-14)11-6-2-1-3-7-11;/h1-3,6-7,10H,4-5,8-9,16H2,(H,17,18,19);1H. The van der Waals surface area contributed by atoms with Crippen LogP contribution in [-0.2, 0) is 4.79 Å². The predicted molar refractivity (Wildman–Crippen MR) is 88.8 cm³/mol. The molecule has 112 valence electrons. The average Bonchev–Trinajstić information content (AvgIpc) is 3.10. The number of benzene rings is 1. The highest BCUT2D eigenvalue weighted by Gasteiger charge is 2.37. The first-order valence-corrected chi connectivity index (χ1v) is 7.67. The third-order valence-corrected chi connectivity index (χ3v) is 4.50. The van der Waals surface area contributed by atoms with Gasteiger partial charge in [-0.25, -0.2) is 4.98 Å². The lowest BCUT2D eigenvalue weighted by molar-refractivity contribution is -0.121. The number of carbonyl (C=O) groups is 1. The molecule has 2 aromatic rings. The summed E-state index contributed by atoms with van der Waals surface area (Å²) in [6, 6.07) is 9.92. The molecule has 1 heterocycles. The molecule has 1 amide bonds. The molecular weight excluding hydrogens is 306 g/mol. The third kappa shape index (κ3) is 3.43. The van der Waals surface area contributed by atoms with Crippen molar-refractivity contribution in [1.29, 1.82) is 0 Å². The van der Waals surface area contributed by atoms with Crippen LogP contribution in [0.3, 0.4) is 0 Å². The monoisotopic (exact) mass is 323 g/mol. The second kappa shape index (κ2) is 6.56. The lowest BCUT2D eigenvalue weighted by atomic mass is 9.98. The number of anilines is 1. The molecule has 0 bridgehead atoms. The van der Waals surface area contributed by atoms with E-state index in [2.05, 4.69) is 10.3 Å². The van der Waals surface area contributed by atoms with Crippen molar-refractivity contribution in [1.82, 2.24) is 4.98 Å². The summed E-state index contributed by atoms with van der Waals surface area (Å²) in [5.41, 5.74) is 7.35. The summed E-state index contributed by atoms with van der Waals surface area (Å²) in [6.45, 7) is 0. The van der Waals surface area contributed by atoms with Crippen LogP contribution in [0.2, 0.25) is 0 Å². The Kier molecular flexibility index (Phi) is 4.98. The molecule has 3 rings (SSSR count). The third-order valence-electron chi connectivity index (χ3n) is 3.74.